The summed E-state index contributed by atoms with van der Waals surface area (Å²) >= 11 is 0. The number of benzene rings is 3. The molecule has 3 nitrogen and oxygen atoms in total. The summed E-state index contributed by atoms with van der Waals surface area (Å²) in [7, 11) is 4.20. The van der Waals surface area contributed by atoms with Crippen molar-refractivity contribution in [2.75, 3.05) is 0 Å². The average molecular weight is 393 g/mol. The highest BCUT2D eigenvalue weighted by atomic mass is 16.1. The zero-order valence-corrected chi connectivity index (χ0v) is 17.5. The molecule has 0 saturated carbocycles. The lowest BCUT2D eigenvalue weighted by molar-refractivity contribution is 0.101. The molecule has 30 heavy (non-hydrogen) atoms. The van der Waals surface area contributed by atoms with Crippen LogP contribution < -0.4 is 0 Å². The Hall–Kier alpha value is -3.59. The van der Waals surface area contributed by atoms with Gasteiger partial charge in [-0.25, -0.2) is 0 Å². The number of Topliss-reactive ketones (excluding diaryl/α,β-unsaturated/α-hetero) is 1. The fourth-order valence-electron chi connectivity index (χ4n) is 4.64. The molecule has 0 saturated heterocycles. The van der Waals surface area contributed by atoms with Crippen LogP contribution in [0.1, 0.15) is 39.9 Å². The van der Waals surface area contributed by atoms with Crippen LogP contribution in [-0.2, 0) is 14.1 Å². The van der Waals surface area contributed by atoms with Gasteiger partial charge >= 0.3 is 0 Å². The van der Waals surface area contributed by atoms with Gasteiger partial charge in [0, 0.05) is 59.8 Å². The third-order valence-electron chi connectivity index (χ3n) is 6.13. The van der Waals surface area contributed by atoms with Crippen molar-refractivity contribution in [3.05, 3.63) is 107 Å². The van der Waals surface area contributed by atoms with Crippen LogP contribution in [-0.4, -0.2) is 14.9 Å². The second-order valence-corrected chi connectivity index (χ2v) is 8.04. The van der Waals surface area contributed by atoms with Crippen LogP contribution in [0.15, 0.2) is 85.2 Å². The normalized spacial score (nSPS) is 11.6. The summed E-state index contributed by atoms with van der Waals surface area (Å²) in [5.41, 5.74) is 6.93. The van der Waals surface area contributed by atoms with Gasteiger partial charge in [-0.1, -0.05) is 60.7 Å². The predicted octanol–water partition coefficient (Wildman–Crippen LogP) is 6.05. The van der Waals surface area contributed by atoms with E-state index in [1.807, 2.05) is 12.1 Å². The highest BCUT2D eigenvalue weighted by molar-refractivity contribution is 5.94. The van der Waals surface area contributed by atoms with E-state index in [4.69, 9.17) is 0 Å². The molecule has 3 aromatic carbocycles. The van der Waals surface area contributed by atoms with Crippen molar-refractivity contribution < 1.29 is 4.79 Å². The Kier molecular flexibility index (Phi) is 4.32. The molecule has 0 aliphatic rings. The summed E-state index contributed by atoms with van der Waals surface area (Å²) in [5.74, 6) is 0.164. The second kappa shape index (κ2) is 7.03. The van der Waals surface area contributed by atoms with E-state index in [1.54, 1.807) is 6.92 Å². The maximum Gasteiger partial charge on any atom is 0.159 e. The summed E-state index contributed by atoms with van der Waals surface area (Å²) in [4.78, 5) is 11.8. The van der Waals surface area contributed by atoms with Gasteiger partial charge in [0.2, 0.25) is 0 Å². The molecule has 5 aromatic rings. The zero-order valence-electron chi connectivity index (χ0n) is 17.5. The number of para-hydroxylation sites is 2. The summed E-state index contributed by atoms with van der Waals surface area (Å²) < 4.78 is 4.40. The Morgan fingerprint density at radius 2 is 1.17 bits per heavy atom. The van der Waals surface area contributed by atoms with E-state index in [-0.39, 0.29) is 11.7 Å². The number of fused-ring (bicyclic) bond motifs is 2. The van der Waals surface area contributed by atoms with Crippen molar-refractivity contribution in [3.8, 4) is 0 Å². The van der Waals surface area contributed by atoms with Crippen molar-refractivity contribution >= 4 is 27.6 Å². The SMILES string of the molecule is CC(=O)c1ccc(C(c2cn(C)c3ccccc23)c2cn(C)c3ccccc23)cc1. The lowest BCUT2D eigenvalue weighted by Crippen LogP contribution is -2.04. The number of carbonyl (C=O) groups is 1. The van der Waals surface area contributed by atoms with Gasteiger partial charge in [0.05, 0.1) is 0 Å². The van der Waals surface area contributed by atoms with Crippen molar-refractivity contribution in [2.45, 2.75) is 12.8 Å². The minimum atomic E-state index is 0.0724. The Morgan fingerprint density at radius 3 is 1.63 bits per heavy atom. The number of hydrogen-bond donors (Lipinski definition) is 0. The molecule has 0 N–H and O–H groups in total. The highest BCUT2D eigenvalue weighted by Crippen LogP contribution is 2.40. The van der Waals surface area contributed by atoms with E-state index in [0.717, 1.165) is 5.56 Å². The molecule has 0 amide bonds. The number of carbonyl (C=O) groups excluding carboxylic acids is 1. The summed E-state index contributed by atoms with van der Waals surface area (Å²) in [5, 5.41) is 2.52. The minimum absolute atomic E-state index is 0.0724. The lowest BCUT2D eigenvalue weighted by Gasteiger charge is -2.18. The first kappa shape index (κ1) is 18.4. The van der Waals surface area contributed by atoms with Gasteiger partial charge in [-0.05, 0) is 35.7 Å². The van der Waals surface area contributed by atoms with Crippen molar-refractivity contribution in [1.29, 1.82) is 0 Å². The minimum Gasteiger partial charge on any atom is -0.350 e. The van der Waals surface area contributed by atoms with Gasteiger partial charge in [-0.3, -0.25) is 4.79 Å². The smallest absolute Gasteiger partial charge is 0.159 e. The molecule has 0 atom stereocenters. The van der Waals surface area contributed by atoms with Crippen molar-refractivity contribution in [3.63, 3.8) is 0 Å². The number of nitrogens with zero attached hydrogens (tertiary/aromatic N) is 2. The van der Waals surface area contributed by atoms with E-state index in [0.29, 0.717) is 0 Å². The van der Waals surface area contributed by atoms with Crippen LogP contribution in [0.25, 0.3) is 21.8 Å². The fraction of sp³-hybridized carbons (Fsp3) is 0.148. The molecule has 2 heterocycles. The number of rotatable bonds is 4. The molecule has 0 aliphatic heterocycles. The predicted molar refractivity (Wildman–Crippen MR) is 123 cm³/mol. The Labute approximate surface area is 176 Å². The fourth-order valence-corrected chi connectivity index (χ4v) is 4.64. The van der Waals surface area contributed by atoms with Crippen LogP contribution in [0.4, 0.5) is 0 Å². The van der Waals surface area contributed by atoms with E-state index in [2.05, 4.69) is 96.3 Å². The Balaban J connectivity index is 1.81. The monoisotopic (exact) mass is 392 g/mol. The Bertz CT molecular complexity index is 1310. The molecule has 0 unspecified atom stereocenters. The van der Waals surface area contributed by atoms with Gasteiger partial charge < -0.3 is 9.13 Å². The van der Waals surface area contributed by atoms with E-state index >= 15 is 0 Å². The molecule has 0 fully saturated rings. The van der Waals surface area contributed by atoms with Gasteiger partial charge in [-0.2, -0.15) is 0 Å². The molecule has 2 aromatic heterocycles. The van der Waals surface area contributed by atoms with Crippen LogP contribution in [0.5, 0.6) is 0 Å². The van der Waals surface area contributed by atoms with E-state index in [9.17, 15) is 4.79 Å². The second-order valence-electron chi connectivity index (χ2n) is 8.04. The van der Waals surface area contributed by atoms with E-state index in [1.165, 1.54) is 38.5 Å². The molecule has 0 radical (unpaired) electrons. The highest BCUT2D eigenvalue weighted by Gasteiger charge is 2.24. The topological polar surface area (TPSA) is 26.9 Å². The van der Waals surface area contributed by atoms with Crippen LogP contribution in [0.2, 0.25) is 0 Å². The molecule has 3 heteroatoms. The van der Waals surface area contributed by atoms with Gasteiger partial charge in [0.25, 0.3) is 0 Å². The molecule has 0 bridgehead atoms. The molecular weight excluding hydrogens is 368 g/mol. The third kappa shape index (κ3) is 2.86. The molecule has 0 spiro atoms. The number of hydrogen-bond acceptors (Lipinski definition) is 1. The van der Waals surface area contributed by atoms with Crippen molar-refractivity contribution in [2.24, 2.45) is 14.1 Å². The Morgan fingerprint density at radius 1 is 0.700 bits per heavy atom. The first-order valence-electron chi connectivity index (χ1n) is 10.2. The first-order chi connectivity index (χ1) is 14.5. The zero-order chi connectivity index (χ0) is 20.8. The van der Waals surface area contributed by atoms with Gasteiger partial charge in [0.15, 0.2) is 5.78 Å². The first-order valence-corrected chi connectivity index (χ1v) is 10.2. The quantitative estimate of drug-likeness (QED) is 0.342. The van der Waals surface area contributed by atoms with Crippen LogP contribution in [0, 0.1) is 0 Å². The standard InChI is InChI=1S/C27H24N2O/c1-18(30)19-12-14-20(15-13-19)27(23-16-28(2)25-10-6-4-8-21(23)25)24-17-29(3)26-11-7-5-9-22(24)26/h4-17,27H,1-3H3. The van der Waals surface area contributed by atoms with Gasteiger partial charge in [-0.15, -0.1) is 0 Å². The average Bonchev–Trinajstić information content (AvgIpc) is 3.27. The summed E-state index contributed by atoms with van der Waals surface area (Å²) in [6, 6.07) is 25.2. The third-order valence-corrected chi connectivity index (χ3v) is 6.13. The number of aromatic nitrogens is 2. The maximum atomic E-state index is 11.8. The largest absolute Gasteiger partial charge is 0.350 e. The van der Waals surface area contributed by atoms with Gasteiger partial charge in [0.1, 0.15) is 0 Å². The number of ketones is 1. The molecule has 148 valence electrons. The summed E-state index contributed by atoms with van der Waals surface area (Å²) in [6.45, 7) is 1.61. The number of aryl methyl sites for hydroxylation is 2. The molecule has 5 rings (SSSR count). The van der Waals surface area contributed by atoms with E-state index < -0.39 is 0 Å². The maximum absolute atomic E-state index is 11.8. The molecular formula is C27H24N2O. The van der Waals surface area contributed by atoms with Crippen LogP contribution >= 0.6 is 0 Å². The lowest BCUT2D eigenvalue weighted by atomic mass is 9.84. The van der Waals surface area contributed by atoms with Crippen LogP contribution in [0.3, 0.4) is 0 Å². The summed E-state index contributed by atoms with van der Waals surface area (Å²) in [6.07, 6.45) is 4.49. The molecule has 0 aliphatic carbocycles. The van der Waals surface area contributed by atoms with Crippen molar-refractivity contribution in [1.82, 2.24) is 9.13 Å².